The number of primary amides is 2. The van der Waals surface area contributed by atoms with Crippen molar-refractivity contribution in [2.75, 3.05) is 39.5 Å². The molecule has 0 saturated heterocycles. The van der Waals surface area contributed by atoms with Crippen molar-refractivity contribution in [1.82, 2.24) is 74.5 Å². The second kappa shape index (κ2) is 58.4. The molecule has 0 radical (unpaired) electrons. The summed E-state index contributed by atoms with van der Waals surface area (Å²) in [5.41, 5.74) is 29.6. The van der Waals surface area contributed by atoms with Gasteiger partial charge in [-0.2, -0.15) is 0 Å². The lowest BCUT2D eigenvalue weighted by atomic mass is 9.89. The number of amides is 6. The number of aromatic amines is 1. The number of aliphatic hydroxyl groups is 2. The van der Waals surface area contributed by atoms with Crippen LogP contribution < -0.4 is 86.8 Å². The Morgan fingerprint density at radius 3 is 1.66 bits per heavy atom. The first-order chi connectivity index (χ1) is 61.1. The Balaban J connectivity index is 1.54. The van der Waals surface area contributed by atoms with E-state index in [4.69, 9.17) is 17.2 Å². The van der Waals surface area contributed by atoms with E-state index in [1.165, 1.54) is 39.8 Å². The molecule has 714 valence electrons. The van der Waals surface area contributed by atoms with Gasteiger partial charge in [0.15, 0.2) is 46.3 Å². The van der Waals surface area contributed by atoms with E-state index in [1.54, 1.807) is 76.4 Å². The summed E-state index contributed by atoms with van der Waals surface area (Å²) in [6.45, 7) is 18.1. The highest BCUT2D eigenvalue weighted by Crippen LogP contribution is 2.23. The number of aliphatic hydroxyl groups excluding tert-OH is 2. The molecule has 1 heterocycles. The Bertz CT molecular complexity index is 4350. The van der Waals surface area contributed by atoms with Gasteiger partial charge in [-0.1, -0.05) is 127 Å². The average Bonchev–Trinajstić information content (AvgIpc) is 1.77. The number of hydrogen-bond donors (Lipinski definition) is 20. The van der Waals surface area contributed by atoms with Crippen molar-refractivity contribution in [2.24, 2.45) is 35.0 Å². The maximum Gasteiger partial charge on any atom is 0.243 e. The van der Waals surface area contributed by atoms with Crippen molar-refractivity contribution in [3.63, 3.8) is 0 Å². The number of H-pyrrole nitrogens is 1. The number of allylic oxidation sites excluding steroid dienone is 2. The molecule has 129 heavy (non-hydrogen) atoms. The van der Waals surface area contributed by atoms with E-state index < -0.39 is 198 Å². The number of aromatic nitrogens is 1. The molecule has 0 aliphatic carbocycles. The van der Waals surface area contributed by atoms with Crippen LogP contribution in [-0.4, -0.2) is 237 Å². The molecule has 36 heteroatoms. The van der Waals surface area contributed by atoms with E-state index in [-0.39, 0.29) is 113 Å². The molecule has 1 aromatic heterocycles. The number of phenols is 1. The van der Waals surface area contributed by atoms with Crippen LogP contribution in [-0.2, 0) is 96.0 Å². The van der Waals surface area contributed by atoms with Gasteiger partial charge in [0.1, 0.15) is 29.9 Å². The first-order valence-corrected chi connectivity index (χ1v) is 44.9. The number of hydrazine groups is 2. The van der Waals surface area contributed by atoms with Crippen molar-refractivity contribution >= 4 is 104 Å². The third-order valence-electron chi connectivity index (χ3n) is 22.7. The van der Waals surface area contributed by atoms with Gasteiger partial charge >= 0.3 is 0 Å². The van der Waals surface area contributed by atoms with Crippen LogP contribution in [0.5, 0.6) is 5.75 Å². The van der Waals surface area contributed by atoms with Gasteiger partial charge in [-0.05, 0) is 172 Å². The van der Waals surface area contributed by atoms with E-state index in [0.29, 0.717) is 68.1 Å². The maximum absolute atomic E-state index is 15.0. The molecule has 0 aliphatic rings. The monoisotopic (exact) mass is 1800 g/mol. The largest absolute Gasteiger partial charge is 0.508 e. The second-order valence-electron chi connectivity index (χ2n) is 34.7. The molecule has 0 unspecified atom stereocenters. The molecular weight excluding hydrogens is 1660 g/mol. The number of carbonyl (C=O) groups is 16. The zero-order chi connectivity index (χ0) is 96.0. The Morgan fingerprint density at radius 1 is 0.488 bits per heavy atom. The molecule has 6 amide bonds. The van der Waals surface area contributed by atoms with Crippen molar-refractivity contribution in [3.05, 3.63) is 114 Å². The van der Waals surface area contributed by atoms with Crippen LogP contribution in [0.25, 0.3) is 10.9 Å². The third-order valence-corrected chi connectivity index (χ3v) is 22.7. The van der Waals surface area contributed by atoms with Gasteiger partial charge in [0.05, 0.1) is 99.1 Å². The standard InChI is InChI=1S/C93H143N17O19/c1-55(2)32-37-70(89(96)126)104-91(128)71(38-39-85(95)123)102-54-101-60(8)79(117)48-81(119)73(46-66-50-100-69-31-25-24-30-68(66)69)108-107-72(44-65-33-35-67(114)36-34-65)80(118)47-78(116)59(7)99-52-84(122)93(12,110-109-74(45-64-28-22-20-23-29-64)87(124)88(125)86(62(10)112)106-92(129)75(43-56(3)4)103-63(11)113)41-26-19-17-15-13-14-16-18-21-27-57(5)90(127)105-76(53-111)83(121)51-98-58(6)77(115)40-42-97-61(9)82(120)49-94/h14,16,20,22-25,28-31,33-36,50,55-62,70-76,86,97-102,107-112,114H,13,15,17-19,21,26-27,32,37-49,51-54,94H2,1-12H3,(H2,95,123)(H2,96,126)(H,103,113)(H,104,128)(H,105,127)(H,106,129)/b16-14-/t57-,58+,59+,60+,61+,62-,70+,71+,72+,73+,74+,75+,76+,86+,93-/m1/s1. The van der Waals surface area contributed by atoms with E-state index in [2.05, 4.69) is 74.5 Å². The number of hydrogen-bond acceptors (Lipinski definition) is 29. The van der Waals surface area contributed by atoms with E-state index in [0.717, 1.165) is 17.3 Å². The van der Waals surface area contributed by atoms with Crippen LogP contribution in [0.4, 0.5) is 0 Å². The van der Waals surface area contributed by atoms with E-state index >= 15 is 4.79 Å². The fraction of sp³-hybridized carbons (Fsp3) is 0.591. The average molecular weight is 1800 g/mol. The highest BCUT2D eigenvalue weighted by Gasteiger charge is 2.40. The SMILES string of the molecule is CC(=O)N[C@@H](CC(C)C)C(=O)N[C@H](C(=O)C(=O)[C@H](Cc1ccccc1)NN[C@](C)(CCCCCC/C=C\CCC[C@@H](C)C(=O)N[C@@H](CO)C(=O)CN[C@@H](C)C(=O)CCN[C@@H](C)C(=O)CN)C(=O)CN[C@@H](C)C(=O)CC(=O)[C@H](Cc1ccc(O)cc1)NN[C@@H](Cc1c[nH]c2ccccc12)C(=O)CC(=O)[C@H](C)NCN[C@@H](CCC(N)=O)C(=O)N[C@@H](CCC(C)C)C(N)=O)[C@@H](C)O. The zero-order valence-electron chi connectivity index (χ0n) is 77.0. The summed E-state index contributed by atoms with van der Waals surface area (Å²) < 4.78 is 0. The number of fused-ring (bicyclic) bond motifs is 1. The first kappa shape index (κ1) is 111. The Kier molecular flexibility index (Phi) is 50.3. The molecule has 3 aromatic carbocycles. The van der Waals surface area contributed by atoms with Gasteiger partial charge < -0.3 is 74.7 Å². The van der Waals surface area contributed by atoms with E-state index in [1.807, 2.05) is 64.1 Å². The fourth-order valence-corrected chi connectivity index (χ4v) is 14.1. The number of phenolic OH excluding ortho intramolecular Hbond substituents is 1. The summed E-state index contributed by atoms with van der Waals surface area (Å²) in [6.07, 6.45) is 8.59. The summed E-state index contributed by atoms with van der Waals surface area (Å²) in [5, 5.41) is 57.1. The maximum atomic E-state index is 15.0. The van der Waals surface area contributed by atoms with Crippen LogP contribution in [0.1, 0.15) is 209 Å². The molecule has 0 saturated carbocycles. The second-order valence-corrected chi connectivity index (χ2v) is 34.7. The smallest absolute Gasteiger partial charge is 0.243 e. The van der Waals surface area contributed by atoms with Crippen molar-refractivity contribution in [1.29, 1.82) is 0 Å². The lowest BCUT2D eigenvalue weighted by Crippen LogP contribution is -2.63. The number of unbranched alkanes of at least 4 members (excludes halogenated alkanes) is 5. The van der Waals surface area contributed by atoms with Gasteiger partial charge in [0.2, 0.25) is 47.0 Å². The molecule has 4 aromatic rings. The fourth-order valence-electron chi connectivity index (χ4n) is 14.1. The number of rotatable bonds is 71. The number of aromatic hydroxyl groups is 1. The van der Waals surface area contributed by atoms with Gasteiger partial charge in [0, 0.05) is 56.0 Å². The summed E-state index contributed by atoms with van der Waals surface area (Å²) >= 11 is 0. The summed E-state index contributed by atoms with van der Waals surface area (Å²) in [5.74, 6) is -10.3. The number of benzene rings is 3. The molecule has 4 rings (SSSR count). The summed E-state index contributed by atoms with van der Waals surface area (Å²) in [7, 11) is 0. The summed E-state index contributed by atoms with van der Waals surface area (Å²) in [4.78, 5) is 220. The van der Waals surface area contributed by atoms with Gasteiger partial charge in [-0.25, -0.2) is 21.7 Å². The third kappa shape index (κ3) is 41.2. The topological polar surface area (TPSA) is 584 Å². The lowest BCUT2D eigenvalue weighted by molar-refractivity contribution is -0.142. The zero-order valence-corrected chi connectivity index (χ0v) is 77.0. The predicted molar refractivity (Wildman–Crippen MR) is 489 cm³/mol. The summed E-state index contributed by atoms with van der Waals surface area (Å²) in [6, 6.07) is 8.62. The number of nitrogens with two attached hydrogens (primary N) is 3. The number of carbonyl (C=O) groups excluding carboxylic acids is 16. The molecule has 23 N–H and O–H groups in total. The molecule has 0 aliphatic heterocycles. The van der Waals surface area contributed by atoms with Crippen LogP contribution >= 0.6 is 0 Å². The number of Topliss-reactive ketones (excluding diaryl/α,β-unsaturated/α-hetero) is 10. The van der Waals surface area contributed by atoms with Gasteiger partial charge in [0.25, 0.3) is 0 Å². The Hall–Kier alpha value is -10.2. The Labute approximate surface area is 756 Å². The Morgan fingerprint density at radius 2 is 1.05 bits per heavy atom. The van der Waals surface area contributed by atoms with Crippen LogP contribution in [0, 0.1) is 17.8 Å². The number of nitrogens with one attached hydrogen (secondary N) is 14. The van der Waals surface area contributed by atoms with Gasteiger partial charge in [-0.15, -0.1) is 0 Å². The molecule has 0 bridgehead atoms. The minimum absolute atomic E-state index is 0.0115. The van der Waals surface area contributed by atoms with Crippen molar-refractivity contribution in [2.45, 2.75) is 296 Å². The van der Waals surface area contributed by atoms with Crippen molar-refractivity contribution < 1.29 is 92.0 Å². The molecular formula is C93H143N17O19. The van der Waals surface area contributed by atoms with Crippen LogP contribution in [0.3, 0.4) is 0 Å². The minimum Gasteiger partial charge on any atom is -0.508 e. The molecule has 15 atom stereocenters. The first-order valence-electron chi connectivity index (χ1n) is 44.9. The number of para-hydroxylation sites is 1. The predicted octanol–water partition coefficient (Wildman–Crippen LogP) is 1.87. The normalized spacial score (nSPS) is 15.4. The quantitative estimate of drug-likeness (QED) is 0.00749. The highest BCUT2D eigenvalue weighted by molar-refractivity contribution is 6.41. The highest BCUT2D eigenvalue weighted by atomic mass is 16.3. The van der Waals surface area contributed by atoms with E-state index in [9.17, 15) is 87.2 Å². The molecule has 36 nitrogen and oxygen atoms in total. The van der Waals surface area contributed by atoms with Crippen LogP contribution in [0.15, 0.2) is 97.2 Å². The minimum atomic E-state index is -1.76. The van der Waals surface area contributed by atoms with Gasteiger partial charge in [-0.3, -0.25) is 87.3 Å². The molecule has 0 fully saturated rings. The lowest BCUT2D eigenvalue weighted by Gasteiger charge is -2.33. The number of ketones is 10. The van der Waals surface area contributed by atoms with Crippen LogP contribution in [0.2, 0.25) is 0 Å². The van der Waals surface area contributed by atoms with Crippen molar-refractivity contribution in [3.8, 4) is 5.75 Å². The molecule has 0 spiro atoms.